The molecule has 104 valence electrons. The van der Waals surface area contributed by atoms with E-state index in [2.05, 4.69) is 12.1 Å². The normalized spacial score (nSPS) is 11.4. The van der Waals surface area contributed by atoms with Crippen LogP contribution in [0.25, 0.3) is 5.76 Å². The van der Waals surface area contributed by atoms with E-state index in [4.69, 9.17) is 4.74 Å². The molecule has 0 spiro atoms. The molecule has 0 aromatic heterocycles. The summed E-state index contributed by atoms with van der Waals surface area (Å²) < 4.78 is 19.2. The second kappa shape index (κ2) is 6.90. The molecule has 0 saturated heterocycles. The molecule has 2 aromatic rings. The van der Waals surface area contributed by atoms with Crippen LogP contribution in [0.3, 0.4) is 0 Å². The maximum absolute atomic E-state index is 14.1. The molecule has 0 fully saturated rings. The summed E-state index contributed by atoms with van der Waals surface area (Å²) in [4.78, 5) is 0. The van der Waals surface area contributed by atoms with Crippen LogP contribution in [0.4, 0.5) is 4.39 Å². The Morgan fingerprint density at radius 2 is 1.75 bits per heavy atom. The van der Waals surface area contributed by atoms with Crippen LogP contribution in [0, 0.1) is 5.82 Å². The molecule has 20 heavy (non-hydrogen) atoms. The fourth-order valence-corrected chi connectivity index (χ4v) is 2.23. The van der Waals surface area contributed by atoms with Crippen molar-refractivity contribution in [1.82, 2.24) is 0 Å². The minimum absolute atomic E-state index is 0.231. The Bertz CT molecular complexity index is 588. The van der Waals surface area contributed by atoms with Crippen LogP contribution < -0.4 is 0 Å². The van der Waals surface area contributed by atoms with Gasteiger partial charge in [0.2, 0.25) is 0 Å². The summed E-state index contributed by atoms with van der Waals surface area (Å²) >= 11 is 0. The van der Waals surface area contributed by atoms with Crippen molar-refractivity contribution in [3.8, 4) is 0 Å². The van der Waals surface area contributed by atoms with E-state index in [9.17, 15) is 4.39 Å². The van der Waals surface area contributed by atoms with Crippen molar-refractivity contribution in [1.29, 1.82) is 0 Å². The van der Waals surface area contributed by atoms with E-state index >= 15 is 0 Å². The first-order chi connectivity index (χ1) is 9.74. The third-order valence-electron chi connectivity index (χ3n) is 3.33. The molecule has 0 aliphatic heterocycles. The minimum atomic E-state index is -0.231. The lowest BCUT2D eigenvalue weighted by Gasteiger charge is -2.09. The van der Waals surface area contributed by atoms with E-state index in [1.165, 1.54) is 5.56 Å². The van der Waals surface area contributed by atoms with Gasteiger partial charge in [-0.1, -0.05) is 36.4 Å². The highest BCUT2D eigenvalue weighted by Crippen LogP contribution is 2.20. The first kappa shape index (κ1) is 14.3. The zero-order valence-electron chi connectivity index (χ0n) is 11.9. The predicted molar refractivity (Wildman–Crippen MR) is 80.9 cm³/mol. The van der Waals surface area contributed by atoms with Gasteiger partial charge in [0.1, 0.15) is 11.6 Å². The van der Waals surface area contributed by atoms with Crippen LogP contribution in [-0.2, 0) is 17.6 Å². The van der Waals surface area contributed by atoms with E-state index in [0.717, 1.165) is 18.4 Å². The van der Waals surface area contributed by atoms with Crippen molar-refractivity contribution in [2.24, 2.45) is 0 Å². The van der Waals surface area contributed by atoms with Crippen LogP contribution in [0.15, 0.2) is 54.6 Å². The van der Waals surface area contributed by atoms with Crippen molar-refractivity contribution < 1.29 is 9.13 Å². The lowest BCUT2D eigenvalue weighted by molar-refractivity contribution is 0.366. The van der Waals surface area contributed by atoms with Gasteiger partial charge < -0.3 is 4.74 Å². The van der Waals surface area contributed by atoms with Gasteiger partial charge in [0, 0.05) is 0 Å². The Morgan fingerprint density at radius 3 is 2.35 bits per heavy atom. The Labute approximate surface area is 119 Å². The zero-order chi connectivity index (χ0) is 14.4. The van der Waals surface area contributed by atoms with Gasteiger partial charge in [0.15, 0.2) is 0 Å². The van der Waals surface area contributed by atoms with Crippen molar-refractivity contribution in [2.45, 2.75) is 19.8 Å². The Kier molecular flexibility index (Phi) is 4.94. The number of methoxy groups -OCH3 is 1. The quantitative estimate of drug-likeness (QED) is 0.720. The van der Waals surface area contributed by atoms with Gasteiger partial charge in [-0.2, -0.15) is 0 Å². The lowest BCUT2D eigenvalue weighted by Crippen LogP contribution is -1.96. The third kappa shape index (κ3) is 3.47. The number of aryl methyl sites for hydroxylation is 2. The first-order valence-electron chi connectivity index (χ1n) is 6.77. The van der Waals surface area contributed by atoms with E-state index < -0.39 is 0 Å². The van der Waals surface area contributed by atoms with Gasteiger partial charge >= 0.3 is 0 Å². The van der Waals surface area contributed by atoms with Crippen LogP contribution in [-0.4, -0.2) is 7.11 Å². The van der Waals surface area contributed by atoms with Gasteiger partial charge in [-0.15, -0.1) is 0 Å². The molecular formula is C18H19FO. The molecule has 0 saturated carbocycles. The average Bonchev–Trinajstić information content (AvgIpc) is 2.49. The highest BCUT2D eigenvalue weighted by Gasteiger charge is 2.08. The monoisotopic (exact) mass is 270 g/mol. The molecule has 0 aliphatic rings. The maximum Gasteiger partial charge on any atom is 0.134 e. The summed E-state index contributed by atoms with van der Waals surface area (Å²) in [6.07, 6.45) is 3.52. The molecule has 0 atom stereocenters. The van der Waals surface area contributed by atoms with Gasteiger partial charge in [-0.25, -0.2) is 4.39 Å². The topological polar surface area (TPSA) is 9.23 Å². The highest BCUT2D eigenvalue weighted by atomic mass is 19.1. The third-order valence-corrected chi connectivity index (χ3v) is 3.33. The minimum Gasteiger partial charge on any atom is -0.496 e. The van der Waals surface area contributed by atoms with E-state index in [0.29, 0.717) is 11.3 Å². The van der Waals surface area contributed by atoms with Gasteiger partial charge in [-0.3, -0.25) is 0 Å². The summed E-state index contributed by atoms with van der Waals surface area (Å²) in [5.74, 6) is 0.336. The standard InChI is InChI=1S/C18H19FO/c1-3-18(20-2)16-12-11-15(13-17(16)19)10-9-14-7-5-4-6-8-14/h3-8,11-13H,9-10H2,1-2H3. The fourth-order valence-electron chi connectivity index (χ4n) is 2.23. The molecule has 0 bridgehead atoms. The molecule has 0 radical (unpaired) electrons. The molecule has 2 aromatic carbocycles. The predicted octanol–water partition coefficient (Wildman–Crippen LogP) is 4.62. The Hall–Kier alpha value is -2.09. The zero-order valence-corrected chi connectivity index (χ0v) is 11.9. The Morgan fingerprint density at radius 1 is 1.05 bits per heavy atom. The second-order valence-corrected chi connectivity index (χ2v) is 4.66. The molecule has 1 nitrogen and oxygen atoms in total. The molecule has 2 heteroatoms. The number of halogens is 1. The molecule has 0 unspecified atom stereocenters. The number of benzene rings is 2. The van der Waals surface area contributed by atoms with Crippen LogP contribution >= 0.6 is 0 Å². The Balaban J connectivity index is 2.10. The van der Waals surface area contributed by atoms with E-state index in [-0.39, 0.29) is 5.82 Å². The smallest absolute Gasteiger partial charge is 0.134 e. The van der Waals surface area contributed by atoms with Crippen LogP contribution in [0.5, 0.6) is 0 Å². The molecule has 0 heterocycles. The number of hydrogen-bond donors (Lipinski definition) is 0. The van der Waals surface area contributed by atoms with Gasteiger partial charge in [0.25, 0.3) is 0 Å². The number of allylic oxidation sites excluding steroid dienone is 1. The van der Waals surface area contributed by atoms with Crippen molar-refractivity contribution in [3.05, 3.63) is 77.1 Å². The number of ether oxygens (including phenoxy) is 1. The molecule has 0 N–H and O–H groups in total. The van der Waals surface area contributed by atoms with Crippen molar-refractivity contribution >= 4 is 5.76 Å². The molecular weight excluding hydrogens is 251 g/mol. The molecule has 0 aliphatic carbocycles. The van der Waals surface area contributed by atoms with E-state index in [1.54, 1.807) is 25.3 Å². The number of rotatable bonds is 5. The van der Waals surface area contributed by atoms with Crippen LogP contribution in [0.2, 0.25) is 0 Å². The summed E-state index contributed by atoms with van der Waals surface area (Å²) in [7, 11) is 1.55. The summed E-state index contributed by atoms with van der Waals surface area (Å²) in [5, 5.41) is 0. The van der Waals surface area contributed by atoms with Gasteiger partial charge in [0.05, 0.1) is 12.7 Å². The SMILES string of the molecule is CC=C(OC)c1ccc(CCc2ccccc2)cc1F. The summed E-state index contributed by atoms with van der Waals surface area (Å²) in [5.41, 5.74) is 2.78. The molecule has 0 amide bonds. The maximum atomic E-state index is 14.1. The molecule has 2 rings (SSSR count). The highest BCUT2D eigenvalue weighted by molar-refractivity contribution is 5.60. The summed E-state index contributed by atoms with van der Waals surface area (Å²) in [6, 6.07) is 15.6. The number of hydrogen-bond acceptors (Lipinski definition) is 1. The lowest BCUT2D eigenvalue weighted by atomic mass is 10.0. The van der Waals surface area contributed by atoms with Crippen LogP contribution in [0.1, 0.15) is 23.6 Å². The van der Waals surface area contributed by atoms with Crippen molar-refractivity contribution in [2.75, 3.05) is 7.11 Å². The van der Waals surface area contributed by atoms with E-state index in [1.807, 2.05) is 31.2 Å². The first-order valence-corrected chi connectivity index (χ1v) is 6.77. The summed E-state index contributed by atoms with van der Waals surface area (Å²) in [6.45, 7) is 1.83. The largest absolute Gasteiger partial charge is 0.496 e. The fraction of sp³-hybridized carbons (Fsp3) is 0.222. The second-order valence-electron chi connectivity index (χ2n) is 4.66. The average molecular weight is 270 g/mol. The van der Waals surface area contributed by atoms with Crippen molar-refractivity contribution in [3.63, 3.8) is 0 Å². The van der Waals surface area contributed by atoms with Gasteiger partial charge in [-0.05, 0) is 49.1 Å².